The van der Waals surface area contributed by atoms with Crippen LogP contribution in [0.3, 0.4) is 0 Å². The minimum atomic E-state index is -1.34. The molecule has 0 saturated heterocycles. The first-order valence-electron chi connectivity index (χ1n) is 5.25. The number of phenolic OH excluding ortho intramolecular Hbond substituents is 1. The molecule has 0 atom stereocenters. The van der Waals surface area contributed by atoms with Gasteiger partial charge in [-0.05, 0) is 18.6 Å². The zero-order chi connectivity index (χ0) is 13.3. The molecule has 1 rings (SSSR count). The maximum atomic E-state index is 12.7. The van der Waals surface area contributed by atoms with Gasteiger partial charge in [-0.25, -0.2) is 9.18 Å². The van der Waals surface area contributed by atoms with E-state index in [-0.39, 0.29) is 5.75 Å². The van der Waals surface area contributed by atoms with Crippen molar-refractivity contribution in [3.8, 4) is 5.75 Å². The van der Waals surface area contributed by atoms with E-state index in [2.05, 4.69) is 0 Å². The second-order valence-corrected chi connectivity index (χ2v) is 2.42. The van der Waals surface area contributed by atoms with Crippen molar-refractivity contribution in [1.82, 2.24) is 0 Å². The number of phenols is 1. The highest BCUT2D eigenvalue weighted by Gasteiger charge is 2.12. The van der Waals surface area contributed by atoms with E-state index in [1.165, 1.54) is 6.92 Å². The number of aromatic carboxylic acids is 1. The molecule has 1 aromatic carbocycles. The Morgan fingerprint density at radius 1 is 1.19 bits per heavy atom. The largest absolute Gasteiger partial charge is 0.508 e. The molecule has 2 N–H and O–H groups in total. The zero-order valence-corrected chi connectivity index (χ0v) is 10.3. The number of aryl methyl sites for hydroxylation is 1. The number of aromatic hydroxyl groups is 1. The van der Waals surface area contributed by atoms with Crippen molar-refractivity contribution in [2.75, 3.05) is 0 Å². The Balaban J connectivity index is 0. The van der Waals surface area contributed by atoms with Crippen molar-refractivity contribution in [2.24, 2.45) is 0 Å². The van der Waals surface area contributed by atoms with Crippen LogP contribution in [-0.4, -0.2) is 16.2 Å². The summed E-state index contributed by atoms with van der Waals surface area (Å²) in [6.07, 6.45) is 0. The van der Waals surface area contributed by atoms with E-state index in [1.54, 1.807) is 0 Å². The van der Waals surface area contributed by atoms with Crippen LogP contribution in [-0.2, 0) is 0 Å². The van der Waals surface area contributed by atoms with E-state index in [1.807, 2.05) is 27.7 Å². The summed E-state index contributed by atoms with van der Waals surface area (Å²) in [7, 11) is 0. The molecule has 0 bridgehead atoms. The SMILES string of the molecule is CC.CC.Cc1cc(C(=O)O)c(F)cc1O. The normalized spacial score (nSPS) is 8.12. The van der Waals surface area contributed by atoms with Crippen molar-refractivity contribution in [3.05, 3.63) is 29.1 Å². The highest BCUT2D eigenvalue weighted by Crippen LogP contribution is 2.20. The first kappa shape index (κ1) is 16.8. The highest BCUT2D eigenvalue weighted by atomic mass is 19.1. The number of carbonyl (C=O) groups is 1. The molecule has 16 heavy (non-hydrogen) atoms. The minimum Gasteiger partial charge on any atom is -0.508 e. The predicted molar refractivity (Wildman–Crippen MR) is 62.5 cm³/mol. The van der Waals surface area contributed by atoms with Gasteiger partial charge in [0.15, 0.2) is 0 Å². The molecule has 0 unspecified atom stereocenters. The Kier molecular flexibility index (Phi) is 9.16. The van der Waals surface area contributed by atoms with Crippen LogP contribution in [0.1, 0.15) is 43.6 Å². The van der Waals surface area contributed by atoms with Crippen molar-refractivity contribution in [3.63, 3.8) is 0 Å². The number of carboxylic acid groups (broad SMARTS) is 1. The molecular weight excluding hydrogens is 211 g/mol. The number of hydrogen-bond acceptors (Lipinski definition) is 2. The third kappa shape index (κ3) is 4.77. The van der Waals surface area contributed by atoms with E-state index < -0.39 is 17.3 Å². The molecule has 0 radical (unpaired) electrons. The maximum absolute atomic E-state index is 12.7. The Labute approximate surface area is 95.5 Å². The Morgan fingerprint density at radius 2 is 1.62 bits per heavy atom. The van der Waals surface area contributed by atoms with Gasteiger partial charge >= 0.3 is 5.97 Å². The van der Waals surface area contributed by atoms with Crippen LogP contribution < -0.4 is 0 Å². The lowest BCUT2D eigenvalue weighted by molar-refractivity contribution is 0.0691. The molecule has 1 aromatic rings. The van der Waals surface area contributed by atoms with Gasteiger partial charge < -0.3 is 10.2 Å². The number of rotatable bonds is 1. The molecule has 0 heterocycles. The van der Waals surface area contributed by atoms with E-state index in [9.17, 15) is 9.18 Å². The smallest absolute Gasteiger partial charge is 0.338 e. The average molecular weight is 230 g/mol. The van der Waals surface area contributed by atoms with Crippen molar-refractivity contribution in [1.29, 1.82) is 0 Å². The Hall–Kier alpha value is -1.58. The molecule has 0 aliphatic carbocycles. The monoisotopic (exact) mass is 230 g/mol. The van der Waals surface area contributed by atoms with E-state index in [0.29, 0.717) is 5.56 Å². The molecular formula is C12H19FO3. The Morgan fingerprint density at radius 3 is 2.00 bits per heavy atom. The molecule has 0 aromatic heterocycles. The third-order valence-electron chi connectivity index (χ3n) is 1.52. The fourth-order valence-electron chi connectivity index (χ4n) is 0.835. The van der Waals surface area contributed by atoms with Gasteiger partial charge in [0.1, 0.15) is 11.6 Å². The summed E-state index contributed by atoms with van der Waals surface area (Å²) in [5.74, 6) is -2.50. The van der Waals surface area contributed by atoms with Gasteiger partial charge in [-0.2, -0.15) is 0 Å². The highest BCUT2D eigenvalue weighted by molar-refractivity contribution is 5.88. The quantitative estimate of drug-likeness (QED) is 0.775. The molecule has 4 heteroatoms. The summed E-state index contributed by atoms with van der Waals surface area (Å²) in [6.45, 7) is 9.50. The lowest BCUT2D eigenvalue weighted by Gasteiger charge is -2.01. The fraction of sp³-hybridized carbons (Fsp3) is 0.417. The van der Waals surface area contributed by atoms with Gasteiger partial charge in [-0.3, -0.25) is 0 Å². The average Bonchev–Trinajstić information content (AvgIpc) is 2.28. The molecule has 92 valence electrons. The number of benzene rings is 1. The van der Waals surface area contributed by atoms with Gasteiger partial charge in [0.05, 0.1) is 5.56 Å². The molecule has 0 aliphatic heterocycles. The van der Waals surface area contributed by atoms with Gasteiger partial charge in [0.25, 0.3) is 0 Å². The lowest BCUT2D eigenvalue weighted by atomic mass is 10.1. The van der Waals surface area contributed by atoms with Crippen LogP contribution in [0.15, 0.2) is 12.1 Å². The van der Waals surface area contributed by atoms with Crippen LogP contribution in [0, 0.1) is 12.7 Å². The van der Waals surface area contributed by atoms with E-state index >= 15 is 0 Å². The van der Waals surface area contributed by atoms with Gasteiger partial charge in [-0.1, -0.05) is 27.7 Å². The van der Waals surface area contributed by atoms with Crippen molar-refractivity contribution in [2.45, 2.75) is 34.6 Å². The number of carboxylic acids is 1. The second-order valence-electron chi connectivity index (χ2n) is 2.42. The van der Waals surface area contributed by atoms with Crippen molar-refractivity contribution >= 4 is 5.97 Å². The summed E-state index contributed by atoms with van der Waals surface area (Å²) in [6, 6.07) is 1.88. The van der Waals surface area contributed by atoms with Crippen LogP contribution in [0.4, 0.5) is 4.39 Å². The first-order chi connectivity index (χ1) is 7.52. The van der Waals surface area contributed by atoms with Gasteiger partial charge in [0, 0.05) is 6.07 Å². The summed E-state index contributed by atoms with van der Waals surface area (Å²) >= 11 is 0. The van der Waals surface area contributed by atoms with Gasteiger partial charge in [-0.15, -0.1) is 0 Å². The molecule has 3 nitrogen and oxygen atoms in total. The van der Waals surface area contributed by atoms with Crippen molar-refractivity contribution < 1.29 is 19.4 Å². The minimum absolute atomic E-state index is 0.238. The topological polar surface area (TPSA) is 57.5 Å². The molecule has 0 fully saturated rings. The molecule has 0 saturated carbocycles. The summed E-state index contributed by atoms with van der Waals surface area (Å²) in [5.41, 5.74) is -0.0842. The molecule has 0 amide bonds. The predicted octanol–water partition coefficient (Wildman–Crippen LogP) is 3.59. The first-order valence-corrected chi connectivity index (χ1v) is 5.25. The maximum Gasteiger partial charge on any atom is 0.338 e. The van der Waals surface area contributed by atoms with Crippen LogP contribution in [0.25, 0.3) is 0 Å². The van der Waals surface area contributed by atoms with E-state index in [4.69, 9.17) is 10.2 Å². The third-order valence-corrected chi connectivity index (χ3v) is 1.52. The summed E-state index contributed by atoms with van der Waals surface area (Å²) in [5, 5.41) is 17.4. The summed E-state index contributed by atoms with van der Waals surface area (Å²) < 4.78 is 12.7. The zero-order valence-electron chi connectivity index (χ0n) is 10.3. The van der Waals surface area contributed by atoms with Crippen LogP contribution in [0.2, 0.25) is 0 Å². The second kappa shape index (κ2) is 8.71. The fourth-order valence-corrected chi connectivity index (χ4v) is 0.835. The number of halogens is 1. The van der Waals surface area contributed by atoms with Crippen LogP contribution in [0.5, 0.6) is 5.75 Å². The van der Waals surface area contributed by atoms with E-state index in [0.717, 1.165) is 12.1 Å². The van der Waals surface area contributed by atoms with Crippen LogP contribution >= 0.6 is 0 Å². The standard InChI is InChI=1S/C8H7FO3.2C2H6/c1-4-2-5(8(11)12)6(9)3-7(4)10;2*1-2/h2-3,10H,1H3,(H,11,12);2*1-2H3. The molecule has 0 aliphatic rings. The number of hydrogen-bond donors (Lipinski definition) is 2. The summed E-state index contributed by atoms with van der Waals surface area (Å²) in [4.78, 5) is 10.4. The molecule has 0 spiro atoms. The Bertz CT molecular complexity index is 335. The lowest BCUT2D eigenvalue weighted by Crippen LogP contribution is -2.00. The van der Waals surface area contributed by atoms with Gasteiger partial charge in [0.2, 0.25) is 0 Å².